The number of halogens is 4. The molecule has 0 saturated heterocycles. The Morgan fingerprint density at radius 2 is 1.67 bits per heavy atom. The van der Waals surface area contributed by atoms with Crippen molar-refractivity contribution in [1.82, 2.24) is 0 Å². The van der Waals surface area contributed by atoms with Gasteiger partial charge in [0.1, 0.15) is 5.75 Å². The van der Waals surface area contributed by atoms with Crippen LogP contribution in [0.2, 0.25) is 20.1 Å². The highest BCUT2D eigenvalue weighted by molar-refractivity contribution is 6.42. The molecule has 0 aliphatic rings. The predicted octanol–water partition coefficient (Wildman–Crippen LogP) is 5.93. The number of carbonyl (C=O) groups excluding carboxylic acids is 1. The van der Waals surface area contributed by atoms with Crippen LogP contribution in [0.1, 0.15) is 22.8 Å². The van der Waals surface area contributed by atoms with Crippen molar-refractivity contribution in [2.24, 2.45) is 0 Å². The highest BCUT2D eigenvalue weighted by atomic mass is 35.5. The number of hydrogen-bond donors (Lipinski definition) is 0. The third-order valence-corrected chi connectivity index (χ3v) is 4.09. The lowest BCUT2D eigenvalue weighted by Gasteiger charge is -2.10. The van der Waals surface area contributed by atoms with E-state index >= 15 is 0 Å². The number of benzene rings is 2. The summed E-state index contributed by atoms with van der Waals surface area (Å²) in [5.74, 6) is 0.151. The Morgan fingerprint density at radius 1 is 0.952 bits per heavy atom. The molecule has 0 spiro atoms. The Bertz CT molecular complexity index is 698. The quantitative estimate of drug-likeness (QED) is 0.629. The molecule has 0 aliphatic heterocycles. The Balaban J connectivity index is 2.43. The molecule has 0 unspecified atom stereocenters. The van der Waals surface area contributed by atoms with Gasteiger partial charge >= 0.3 is 0 Å². The Labute approximate surface area is 142 Å². The van der Waals surface area contributed by atoms with Gasteiger partial charge in [-0.05, 0) is 31.2 Å². The molecule has 2 aromatic rings. The van der Waals surface area contributed by atoms with Crippen LogP contribution >= 0.6 is 46.4 Å². The van der Waals surface area contributed by atoms with Gasteiger partial charge in [0.05, 0.1) is 26.7 Å². The van der Waals surface area contributed by atoms with Crippen LogP contribution in [0.5, 0.6) is 5.75 Å². The SMILES string of the molecule is CCOc1cc(Cl)c(C(=O)c2ccc(Cl)c(Cl)c2)cc1Cl. The first-order valence-electron chi connectivity index (χ1n) is 6.05. The zero-order valence-electron chi connectivity index (χ0n) is 10.9. The second kappa shape index (κ2) is 6.89. The fourth-order valence-electron chi connectivity index (χ4n) is 1.76. The van der Waals surface area contributed by atoms with Gasteiger partial charge in [-0.15, -0.1) is 0 Å². The minimum atomic E-state index is -0.288. The molecule has 0 bridgehead atoms. The van der Waals surface area contributed by atoms with Crippen LogP contribution in [0.15, 0.2) is 30.3 Å². The van der Waals surface area contributed by atoms with E-state index in [1.807, 2.05) is 6.92 Å². The molecular formula is C15H10Cl4O2. The summed E-state index contributed by atoms with van der Waals surface area (Å²) >= 11 is 24.0. The van der Waals surface area contributed by atoms with Gasteiger partial charge in [0, 0.05) is 17.2 Å². The van der Waals surface area contributed by atoms with Gasteiger partial charge in [-0.1, -0.05) is 46.4 Å². The van der Waals surface area contributed by atoms with E-state index in [0.717, 1.165) is 0 Å². The maximum Gasteiger partial charge on any atom is 0.194 e. The minimum Gasteiger partial charge on any atom is -0.492 e. The van der Waals surface area contributed by atoms with Gasteiger partial charge in [0.15, 0.2) is 5.78 Å². The largest absolute Gasteiger partial charge is 0.492 e. The summed E-state index contributed by atoms with van der Waals surface area (Å²) in [6.07, 6.45) is 0. The average molecular weight is 364 g/mol. The molecule has 0 saturated carbocycles. The van der Waals surface area contributed by atoms with Crippen LogP contribution in [-0.4, -0.2) is 12.4 Å². The van der Waals surface area contributed by atoms with E-state index in [1.165, 1.54) is 18.2 Å². The van der Waals surface area contributed by atoms with Crippen LogP contribution in [0.25, 0.3) is 0 Å². The van der Waals surface area contributed by atoms with Crippen LogP contribution in [-0.2, 0) is 0 Å². The van der Waals surface area contributed by atoms with E-state index in [1.54, 1.807) is 12.1 Å². The number of carbonyl (C=O) groups is 1. The summed E-state index contributed by atoms with van der Waals surface area (Å²) in [4.78, 5) is 12.5. The molecule has 0 atom stereocenters. The zero-order chi connectivity index (χ0) is 15.6. The monoisotopic (exact) mass is 362 g/mol. The summed E-state index contributed by atoms with van der Waals surface area (Å²) in [6, 6.07) is 7.64. The fraction of sp³-hybridized carbons (Fsp3) is 0.133. The van der Waals surface area contributed by atoms with E-state index in [0.29, 0.717) is 33.0 Å². The summed E-state index contributed by atoms with van der Waals surface area (Å²) in [6.45, 7) is 2.29. The number of rotatable bonds is 4. The molecule has 0 aromatic heterocycles. The van der Waals surface area contributed by atoms with Gasteiger partial charge in [0.2, 0.25) is 0 Å². The van der Waals surface area contributed by atoms with E-state index in [4.69, 9.17) is 51.1 Å². The van der Waals surface area contributed by atoms with E-state index in [2.05, 4.69) is 0 Å². The van der Waals surface area contributed by atoms with Crippen LogP contribution in [0, 0.1) is 0 Å². The maximum atomic E-state index is 12.5. The second-order valence-corrected chi connectivity index (χ2v) is 5.78. The Hall–Kier alpha value is -0.930. The van der Waals surface area contributed by atoms with Crippen molar-refractivity contribution < 1.29 is 9.53 Å². The fourth-order valence-corrected chi connectivity index (χ4v) is 2.52. The van der Waals surface area contributed by atoms with E-state index in [-0.39, 0.29) is 16.4 Å². The third kappa shape index (κ3) is 3.64. The summed E-state index contributed by atoms with van der Waals surface area (Å²) in [5, 5.41) is 1.27. The summed E-state index contributed by atoms with van der Waals surface area (Å²) < 4.78 is 5.33. The van der Waals surface area contributed by atoms with Crippen molar-refractivity contribution in [3.63, 3.8) is 0 Å². The molecule has 2 rings (SSSR count). The predicted molar refractivity (Wildman–Crippen MR) is 87.5 cm³/mol. The van der Waals surface area contributed by atoms with Crippen molar-refractivity contribution >= 4 is 52.2 Å². The molecular weight excluding hydrogens is 354 g/mol. The van der Waals surface area contributed by atoms with Crippen LogP contribution in [0.3, 0.4) is 0 Å². The lowest BCUT2D eigenvalue weighted by molar-refractivity contribution is 0.103. The van der Waals surface area contributed by atoms with Gasteiger partial charge in [-0.3, -0.25) is 4.79 Å². The minimum absolute atomic E-state index is 0.263. The molecule has 2 aromatic carbocycles. The van der Waals surface area contributed by atoms with E-state index in [9.17, 15) is 4.79 Å². The normalized spacial score (nSPS) is 10.5. The third-order valence-electron chi connectivity index (χ3n) is 2.75. The standard InChI is InChI=1S/C15H10Cl4O2/c1-2-21-14-7-11(17)9(6-13(14)19)15(20)8-3-4-10(16)12(18)5-8/h3-7H,2H2,1H3. The van der Waals surface area contributed by atoms with Gasteiger partial charge in [-0.25, -0.2) is 0 Å². The highest BCUT2D eigenvalue weighted by Crippen LogP contribution is 2.33. The first-order chi connectivity index (χ1) is 9.93. The highest BCUT2D eigenvalue weighted by Gasteiger charge is 2.17. The lowest BCUT2D eigenvalue weighted by Crippen LogP contribution is -2.03. The summed E-state index contributed by atoms with van der Waals surface area (Å²) in [7, 11) is 0. The molecule has 0 radical (unpaired) electrons. The molecule has 0 heterocycles. The number of ether oxygens (including phenoxy) is 1. The van der Waals surface area contributed by atoms with Gasteiger partial charge in [-0.2, -0.15) is 0 Å². The first-order valence-corrected chi connectivity index (χ1v) is 7.56. The van der Waals surface area contributed by atoms with Gasteiger partial charge in [0.25, 0.3) is 0 Å². The smallest absolute Gasteiger partial charge is 0.194 e. The molecule has 21 heavy (non-hydrogen) atoms. The molecule has 0 amide bonds. The van der Waals surface area contributed by atoms with Crippen molar-refractivity contribution in [1.29, 1.82) is 0 Å². The molecule has 2 nitrogen and oxygen atoms in total. The van der Waals surface area contributed by atoms with Crippen molar-refractivity contribution in [2.45, 2.75) is 6.92 Å². The van der Waals surface area contributed by atoms with Crippen molar-refractivity contribution in [3.8, 4) is 5.75 Å². The number of hydrogen-bond acceptors (Lipinski definition) is 2. The average Bonchev–Trinajstić information content (AvgIpc) is 2.45. The molecule has 0 fully saturated rings. The van der Waals surface area contributed by atoms with Gasteiger partial charge < -0.3 is 4.74 Å². The summed E-state index contributed by atoms with van der Waals surface area (Å²) in [5.41, 5.74) is 0.662. The zero-order valence-corrected chi connectivity index (χ0v) is 13.9. The first kappa shape index (κ1) is 16.4. The molecule has 110 valence electrons. The Morgan fingerprint density at radius 3 is 2.29 bits per heavy atom. The van der Waals surface area contributed by atoms with Crippen molar-refractivity contribution in [2.75, 3.05) is 6.61 Å². The van der Waals surface area contributed by atoms with Crippen molar-refractivity contribution in [3.05, 3.63) is 61.5 Å². The molecule has 6 heteroatoms. The second-order valence-electron chi connectivity index (χ2n) is 4.15. The van der Waals surface area contributed by atoms with Crippen LogP contribution < -0.4 is 4.74 Å². The van der Waals surface area contributed by atoms with Crippen LogP contribution in [0.4, 0.5) is 0 Å². The Kier molecular flexibility index (Phi) is 5.39. The van der Waals surface area contributed by atoms with E-state index < -0.39 is 0 Å². The molecule has 0 aliphatic carbocycles. The maximum absolute atomic E-state index is 12.5. The number of ketones is 1. The lowest BCUT2D eigenvalue weighted by atomic mass is 10.0. The topological polar surface area (TPSA) is 26.3 Å². The molecule has 0 N–H and O–H groups in total.